The Morgan fingerprint density at radius 1 is 1.43 bits per heavy atom. The van der Waals surface area contributed by atoms with Crippen molar-refractivity contribution in [3.63, 3.8) is 0 Å². The van der Waals surface area contributed by atoms with Crippen molar-refractivity contribution < 1.29 is 19.0 Å². The number of allylic oxidation sites excluding steroid dienone is 1. The fraction of sp³-hybridized carbons (Fsp3) is 0.375. The number of hydrogen-bond acceptors (Lipinski definition) is 5. The van der Waals surface area contributed by atoms with Crippen LogP contribution < -0.4 is 4.74 Å². The number of rotatable bonds is 4. The summed E-state index contributed by atoms with van der Waals surface area (Å²) in [5.74, 6) is 0.111. The van der Waals surface area contributed by atoms with E-state index < -0.39 is 5.92 Å². The summed E-state index contributed by atoms with van der Waals surface area (Å²) in [5.41, 5.74) is 0.894. The van der Waals surface area contributed by atoms with Crippen LogP contribution in [0.3, 0.4) is 0 Å². The number of methoxy groups -OCH3 is 1. The molecule has 0 unspecified atom stereocenters. The third-order valence-electron chi connectivity index (χ3n) is 3.28. The van der Waals surface area contributed by atoms with Crippen molar-refractivity contribution in [2.45, 2.75) is 19.4 Å². The summed E-state index contributed by atoms with van der Waals surface area (Å²) >= 11 is 0. The lowest BCUT2D eigenvalue weighted by Crippen LogP contribution is -2.23. The van der Waals surface area contributed by atoms with Gasteiger partial charge in [-0.25, -0.2) is 0 Å². The zero-order chi connectivity index (χ0) is 15.2. The quantitative estimate of drug-likeness (QED) is 0.796. The lowest BCUT2D eigenvalue weighted by molar-refractivity contribution is -0.148. The monoisotopic (exact) mass is 287 g/mol. The summed E-state index contributed by atoms with van der Waals surface area (Å²) in [6, 6.07) is 9.34. The average molecular weight is 287 g/mol. The van der Waals surface area contributed by atoms with E-state index in [9.17, 15) is 4.79 Å². The van der Waals surface area contributed by atoms with E-state index in [1.165, 1.54) is 6.08 Å². The van der Waals surface area contributed by atoms with E-state index in [2.05, 4.69) is 0 Å². The average Bonchev–Trinajstić information content (AvgIpc) is 2.54. The van der Waals surface area contributed by atoms with Gasteiger partial charge in [-0.05, 0) is 30.7 Å². The fourth-order valence-corrected chi connectivity index (χ4v) is 2.22. The zero-order valence-corrected chi connectivity index (χ0v) is 12.0. The normalized spacial score (nSPS) is 20.7. The molecular weight excluding hydrogens is 270 g/mol. The van der Waals surface area contributed by atoms with E-state index in [4.69, 9.17) is 19.5 Å². The van der Waals surface area contributed by atoms with Gasteiger partial charge in [-0.3, -0.25) is 4.79 Å². The Kier molecular flexibility index (Phi) is 4.83. The second-order valence-electron chi connectivity index (χ2n) is 4.62. The summed E-state index contributed by atoms with van der Waals surface area (Å²) in [7, 11) is 1.60. The Labute approximate surface area is 123 Å². The van der Waals surface area contributed by atoms with Crippen molar-refractivity contribution in [3.05, 3.63) is 41.7 Å². The van der Waals surface area contributed by atoms with Gasteiger partial charge >= 0.3 is 5.97 Å². The minimum absolute atomic E-state index is 0.153. The fourth-order valence-electron chi connectivity index (χ4n) is 2.22. The molecule has 0 saturated heterocycles. The van der Waals surface area contributed by atoms with Crippen LogP contribution in [-0.2, 0) is 14.3 Å². The lowest BCUT2D eigenvalue weighted by Gasteiger charge is -2.26. The van der Waals surface area contributed by atoms with Gasteiger partial charge in [0.2, 0.25) is 0 Å². The van der Waals surface area contributed by atoms with Crippen molar-refractivity contribution in [1.82, 2.24) is 0 Å². The third kappa shape index (κ3) is 3.54. The van der Waals surface area contributed by atoms with Gasteiger partial charge in [0.1, 0.15) is 17.9 Å². The number of esters is 1. The number of nitrogens with zero attached hydrogens (tertiary/aromatic N) is 1. The predicted molar refractivity (Wildman–Crippen MR) is 75.3 cm³/mol. The molecule has 0 bridgehead atoms. The van der Waals surface area contributed by atoms with E-state index in [1.807, 2.05) is 30.3 Å². The van der Waals surface area contributed by atoms with E-state index in [0.717, 1.165) is 11.3 Å². The first kappa shape index (κ1) is 14.9. The van der Waals surface area contributed by atoms with Crippen LogP contribution in [0.1, 0.15) is 25.0 Å². The second-order valence-corrected chi connectivity index (χ2v) is 4.62. The predicted octanol–water partition coefficient (Wildman–Crippen LogP) is 2.74. The SMILES string of the molecule is CCOC(=O)[C@H]1C=C(C#N)O[C@@H](c2ccc(OC)cc2)C1. The third-order valence-corrected chi connectivity index (χ3v) is 3.28. The summed E-state index contributed by atoms with van der Waals surface area (Å²) in [6.07, 6.45) is 1.64. The largest absolute Gasteiger partial charge is 0.497 e. The first-order chi connectivity index (χ1) is 10.2. The molecule has 1 aliphatic rings. The molecule has 0 spiro atoms. The van der Waals surface area contributed by atoms with Crippen LogP contribution in [0.25, 0.3) is 0 Å². The first-order valence-electron chi connectivity index (χ1n) is 6.77. The van der Waals surface area contributed by atoms with Crippen LogP contribution >= 0.6 is 0 Å². The number of carbonyl (C=O) groups is 1. The van der Waals surface area contributed by atoms with Crippen molar-refractivity contribution in [3.8, 4) is 11.8 Å². The smallest absolute Gasteiger partial charge is 0.313 e. The molecule has 5 heteroatoms. The molecule has 1 heterocycles. The first-order valence-corrected chi connectivity index (χ1v) is 6.77. The Morgan fingerprint density at radius 3 is 2.71 bits per heavy atom. The van der Waals surface area contributed by atoms with Crippen molar-refractivity contribution in [1.29, 1.82) is 5.26 Å². The minimum Gasteiger partial charge on any atom is -0.497 e. The molecule has 0 saturated carbocycles. The highest BCUT2D eigenvalue weighted by molar-refractivity contribution is 5.75. The van der Waals surface area contributed by atoms with Crippen LogP contribution in [0.15, 0.2) is 36.1 Å². The minimum atomic E-state index is -0.458. The molecule has 21 heavy (non-hydrogen) atoms. The van der Waals surface area contributed by atoms with Crippen LogP contribution in [0.2, 0.25) is 0 Å². The van der Waals surface area contributed by atoms with Gasteiger partial charge in [0.15, 0.2) is 5.76 Å². The van der Waals surface area contributed by atoms with Gasteiger partial charge in [-0.2, -0.15) is 5.26 Å². The van der Waals surface area contributed by atoms with E-state index in [0.29, 0.717) is 13.0 Å². The molecule has 1 aromatic rings. The Bertz CT molecular complexity index is 571. The number of carbonyl (C=O) groups excluding carboxylic acids is 1. The summed E-state index contributed by atoms with van der Waals surface area (Å²) in [5, 5.41) is 9.05. The molecule has 0 aliphatic carbocycles. The maximum Gasteiger partial charge on any atom is 0.313 e. The maximum absolute atomic E-state index is 11.9. The maximum atomic E-state index is 11.9. The lowest BCUT2D eigenvalue weighted by atomic mass is 9.93. The summed E-state index contributed by atoms with van der Waals surface area (Å²) < 4.78 is 15.7. The molecule has 0 fully saturated rings. The Balaban J connectivity index is 2.19. The van der Waals surface area contributed by atoms with Crippen molar-refractivity contribution in [2.75, 3.05) is 13.7 Å². The number of nitriles is 1. The Morgan fingerprint density at radius 2 is 2.14 bits per heavy atom. The highest BCUT2D eigenvalue weighted by atomic mass is 16.5. The van der Waals surface area contributed by atoms with Crippen LogP contribution in [0.4, 0.5) is 0 Å². The number of ether oxygens (including phenoxy) is 3. The van der Waals surface area contributed by atoms with Crippen LogP contribution in [-0.4, -0.2) is 19.7 Å². The molecule has 2 rings (SSSR count). The number of benzene rings is 1. The van der Waals surface area contributed by atoms with E-state index in [-0.39, 0.29) is 17.8 Å². The molecule has 0 radical (unpaired) electrons. The molecule has 1 aliphatic heterocycles. The molecule has 2 atom stereocenters. The molecule has 0 N–H and O–H groups in total. The van der Waals surface area contributed by atoms with Crippen LogP contribution in [0.5, 0.6) is 5.75 Å². The van der Waals surface area contributed by atoms with E-state index >= 15 is 0 Å². The highest BCUT2D eigenvalue weighted by Gasteiger charge is 2.30. The molecule has 0 aromatic heterocycles. The molecule has 110 valence electrons. The van der Waals surface area contributed by atoms with Crippen molar-refractivity contribution in [2.24, 2.45) is 5.92 Å². The summed E-state index contributed by atoms with van der Waals surface area (Å²) in [4.78, 5) is 11.9. The standard InChI is InChI=1S/C16H17NO4/c1-3-20-16(18)12-8-14(10-17)21-15(9-12)11-4-6-13(19-2)7-5-11/h4-8,12,15H,3,9H2,1-2H3/t12-,15+/m0/s1. The molecule has 0 amide bonds. The van der Waals surface area contributed by atoms with Gasteiger partial charge in [0.05, 0.1) is 19.6 Å². The van der Waals surface area contributed by atoms with Crippen molar-refractivity contribution >= 4 is 5.97 Å². The Hall–Kier alpha value is -2.48. The molecular formula is C16H17NO4. The van der Waals surface area contributed by atoms with Gasteiger partial charge in [-0.15, -0.1) is 0 Å². The van der Waals surface area contributed by atoms with Gasteiger partial charge in [-0.1, -0.05) is 12.1 Å². The second kappa shape index (κ2) is 6.80. The van der Waals surface area contributed by atoms with Crippen LogP contribution in [0, 0.1) is 17.2 Å². The molecule has 5 nitrogen and oxygen atoms in total. The number of hydrogen-bond donors (Lipinski definition) is 0. The molecule has 1 aromatic carbocycles. The van der Waals surface area contributed by atoms with Gasteiger partial charge in [0.25, 0.3) is 0 Å². The highest BCUT2D eigenvalue weighted by Crippen LogP contribution is 2.34. The van der Waals surface area contributed by atoms with Gasteiger partial charge in [0, 0.05) is 6.42 Å². The van der Waals surface area contributed by atoms with E-state index in [1.54, 1.807) is 14.0 Å². The zero-order valence-electron chi connectivity index (χ0n) is 12.0. The van der Waals surface area contributed by atoms with Gasteiger partial charge < -0.3 is 14.2 Å². The summed E-state index contributed by atoms with van der Waals surface area (Å²) in [6.45, 7) is 2.08. The topological polar surface area (TPSA) is 68.6 Å².